The molecule has 0 aliphatic carbocycles. The Morgan fingerprint density at radius 1 is 0.792 bits per heavy atom. The molecule has 114 valence electrons. The number of furan rings is 1. The molecule has 6 rings (SSSR count). The van der Waals surface area contributed by atoms with Crippen molar-refractivity contribution in [2.75, 3.05) is 0 Å². The van der Waals surface area contributed by atoms with Crippen LogP contribution in [0.2, 0.25) is 0 Å². The van der Waals surface area contributed by atoms with Gasteiger partial charge in [-0.3, -0.25) is 4.40 Å². The number of fused-ring (bicyclic) bond motifs is 8. The van der Waals surface area contributed by atoms with Crippen LogP contribution in [0.4, 0.5) is 0 Å². The highest BCUT2D eigenvalue weighted by Gasteiger charge is 2.16. The minimum absolute atomic E-state index is 0.901. The van der Waals surface area contributed by atoms with Crippen LogP contribution in [0.3, 0.4) is 0 Å². The van der Waals surface area contributed by atoms with Crippen LogP contribution in [0.1, 0.15) is 0 Å². The lowest BCUT2D eigenvalue weighted by molar-refractivity contribution is 0.669. The zero-order valence-electron chi connectivity index (χ0n) is 13.0. The predicted molar refractivity (Wildman–Crippen MR) is 96.5 cm³/mol. The summed E-state index contributed by atoms with van der Waals surface area (Å²) in [5.41, 5.74) is 6.22. The average Bonchev–Trinajstić information content (AvgIpc) is 3.24. The van der Waals surface area contributed by atoms with Gasteiger partial charge in [-0.2, -0.15) is 0 Å². The molecule has 6 aromatic rings. The van der Waals surface area contributed by atoms with E-state index < -0.39 is 0 Å². The summed E-state index contributed by atoms with van der Waals surface area (Å²) in [7, 11) is 2.06. The highest BCUT2D eigenvalue weighted by molar-refractivity contribution is 6.09. The molecule has 0 aliphatic heterocycles. The van der Waals surface area contributed by atoms with Gasteiger partial charge in [0.05, 0.1) is 22.1 Å². The number of nitrogens with zero attached hydrogens (tertiary/aromatic N) is 3. The minimum Gasteiger partial charge on any atom is -0.456 e. The first kappa shape index (κ1) is 12.2. The summed E-state index contributed by atoms with van der Waals surface area (Å²) in [6.45, 7) is 0. The molecule has 0 N–H and O–H groups in total. The van der Waals surface area contributed by atoms with Crippen molar-refractivity contribution in [3.8, 4) is 0 Å². The van der Waals surface area contributed by atoms with E-state index in [0.717, 1.165) is 44.3 Å². The quantitative estimate of drug-likeness (QED) is 0.401. The second-order valence-corrected chi connectivity index (χ2v) is 6.23. The second kappa shape index (κ2) is 3.97. The SMILES string of the molecule is Cn1c2ccccc2n2c3cc4oc5ccccc5c4cc3nc12. The van der Waals surface area contributed by atoms with Gasteiger partial charge in [0.25, 0.3) is 0 Å². The van der Waals surface area contributed by atoms with E-state index in [1.165, 1.54) is 5.52 Å². The molecule has 4 nitrogen and oxygen atoms in total. The molecule has 0 bridgehead atoms. The number of aryl methyl sites for hydroxylation is 1. The van der Waals surface area contributed by atoms with Gasteiger partial charge in [0.15, 0.2) is 0 Å². The van der Waals surface area contributed by atoms with E-state index in [-0.39, 0.29) is 0 Å². The molecule has 3 heterocycles. The van der Waals surface area contributed by atoms with Crippen LogP contribution >= 0.6 is 0 Å². The van der Waals surface area contributed by atoms with E-state index >= 15 is 0 Å². The fraction of sp³-hybridized carbons (Fsp3) is 0.0500. The highest BCUT2D eigenvalue weighted by Crippen LogP contribution is 2.33. The molecule has 0 amide bonds. The van der Waals surface area contributed by atoms with Crippen molar-refractivity contribution in [1.29, 1.82) is 0 Å². The van der Waals surface area contributed by atoms with Gasteiger partial charge in [0.1, 0.15) is 11.2 Å². The molecule has 24 heavy (non-hydrogen) atoms. The van der Waals surface area contributed by atoms with Crippen LogP contribution < -0.4 is 0 Å². The maximum absolute atomic E-state index is 6.05. The number of hydrogen-bond donors (Lipinski definition) is 0. The normalized spacial score (nSPS) is 12.4. The average molecular weight is 311 g/mol. The Labute approximate surface area is 136 Å². The highest BCUT2D eigenvalue weighted by atomic mass is 16.3. The van der Waals surface area contributed by atoms with Gasteiger partial charge in [-0.1, -0.05) is 30.3 Å². The summed E-state index contributed by atoms with van der Waals surface area (Å²) < 4.78 is 10.4. The number of rotatable bonds is 0. The third kappa shape index (κ3) is 1.32. The summed E-state index contributed by atoms with van der Waals surface area (Å²) in [5.74, 6) is 0.947. The topological polar surface area (TPSA) is 35.4 Å². The van der Waals surface area contributed by atoms with Gasteiger partial charge in [-0.05, 0) is 24.3 Å². The lowest BCUT2D eigenvalue weighted by Crippen LogP contribution is -1.87. The summed E-state index contributed by atoms with van der Waals surface area (Å²) >= 11 is 0. The second-order valence-electron chi connectivity index (χ2n) is 6.23. The lowest BCUT2D eigenvalue weighted by Gasteiger charge is -1.95. The van der Waals surface area contributed by atoms with Gasteiger partial charge in [-0.25, -0.2) is 4.98 Å². The van der Waals surface area contributed by atoms with E-state index in [1.807, 2.05) is 18.2 Å². The molecule has 3 aromatic carbocycles. The summed E-state index contributed by atoms with van der Waals surface area (Å²) in [6.07, 6.45) is 0. The Balaban J connectivity index is 1.88. The number of imidazole rings is 2. The van der Waals surface area contributed by atoms with Gasteiger partial charge in [0.2, 0.25) is 5.78 Å². The molecule has 0 unspecified atom stereocenters. The fourth-order valence-electron chi connectivity index (χ4n) is 3.79. The summed E-state index contributed by atoms with van der Waals surface area (Å²) in [4.78, 5) is 4.87. The van der Waals surface area contributed by atoms with E-state index in [1.54, 1.807) is 0 Å². The molecule has 0 radical (unpaired) electrons. The van der Waals surface area contributed by atoms with Crippen molar-refractivity contribution in [3.05, 3.63) is 60.7 Å². The van der Waals surface area contributed by atoms with Gasteiger partial charge in [-0.15, -0.1) is 0 Å². The first-order valence-corrected chi connectivity index (χ1v) is 7.98. The zero-order chi connectivity index (χ0) is 15.8. The van der Waals surface area contributed by atoms with Crippen LogP contribution in [0.5, 0.6) is 0 Å². The molecular formula is C20H13N3O. The van der Waals surface area contributed by atoms with Gasteiger partial charge >= 0.3 is 0 Å². The summed E-state index contributed by atoms with van der Waals surface area (Å²) in [5, 5.41) is 2.25. The monoisotopic (exact) mass is 311 g/mol. The standard InChI is InChI=1S/C20H13N3O/c1-22-15-7-3-4-8-16(15)23-17-11-19-13(10-14(17)21-20(22)23)12-6-2-5-9-18(12)24-19/h2-11H,1H3. The number of hydrogen-bond acceptors (Lipinski definition) is 2. The Kier molecular flexibility index (Phi) is 2.02. The Bertz CT molecular complexity index is 1410. The largest absolute Gasteiger partial charge is 0.456 e. The van der Waals surface area contributed by atoms with E-state index in [4.69, 9.17) is 9.40 Å². The third-order valence-corrected chi connectivity index (χ3v) is 4.92. The van der Waals surface area contributed by atoms with Gasteiger partial charge < -0.3 is 8.98 Å². The molecular weight excluding hydrogens is 298 g/mol. The maximum Gasteiger partial charge on any atom is 0.215 e. The smallest absolute Gasteiger partial charge is 0.215 e. The molecule has 0 atom stereocenters. The van der Waals surface area contributed by atoms with Crippen molar-refractivity contribution in [2.45, 2.75) is 0 Å². The molecule has 0 saturated carbocycles. The zero-order valence-corrected chi connectivity index (χ0v) is 13.0. The van der Waals surface area contributed by atoms with Crippen molar-refractivity contribution < 1.29 is 4.42 Å². The number of benzene rings is 3. The fourth-order valence-corrected chi connectivity index (χ4v) is 3.79. The van der Waals surface area contributed by atoms with Crippen molar-refractivity contribution in [2.24, 2.45) is 7.05 Å². The Morgan fingerprint density at radius 2 is 1.58 bits per heavy atom. The van der Waals surface area contributed by atoms with Crippen LogP contribution in [-0.2, 0) is 7.05 Å². The summed E-state index contributed by atoms with van der Waals surface area (Å²) in [6, 6.07) is 20.8. The van der Waals surface area contributed by atoms with Crippen molar-refractivity contribution in [1.82, 2.24) is 14.0 Å². The molecule has 0 spiro atoms. The van der Waals surface area contributed by atoms with Crippen LogP contribution in [0.15, 0.2) is 65.1 Å². The number of aromatic nitrogens is 3. The molecule has 4 heteroatoms. The number of para-hydroxylation sites is 3. The van der Waals surface area contributed by atoms with Crippen molar-refractivity contribution in [3.63, 3.8) is 0 Å². The first-order chi connectivity index (χ1) is 11.8. The maximum atomic E-state index is 6.05. The van der Waals surface area contributed by atoms with Gasteiger partial charge in [0, 0.05) is 23.9 Å². The van der Waals surface area contributed by atoms with Crippen molar-refractivity contribution >= 4 is 49.8 Å². The Morgan fingerprint density at radius 3 is 2.50 bits per heavy atom. The van der Waals surface area contributed by atoms with Crippen LogP contribution in [0, 0.1) is 0 Å². The van der Waals surface area contributed by atoms with E-state index in [0.29, 0.717) is 0 Å². The minimum atomic E-state index is 0.901. The van der Waals surface area contributed by atoms with E-state index in [9.17, 15) is 0 Å². The third-order valence-electron chi connectivity index (χ3n) is 4.92. The molecule has 3 aromatic heterocycles. The Hall–Kier alpha value is -3.27. The van der Waals surface area contributed by atoms with Crippen LogP contribution in [0.25, 0.3) is 49.8 Å². The lowest BCUT2D eigenvalue weighted by atomic mass is 10.1. The predicted octanol–water partition coefficient (Wildman–Crippen LogP) is 4.88. The first-order valence-electron chi connectivity index (χ1n) is 7.98. The molecule has 0 saturated heterocycles. The molecule has 0 aliphatic rings. The van der Waals surface area contributed by atoms with E-state index in [2.05, 4.69) is 58.5 Å². The molecule has 0 fully saturated rings. The van der Waals surface area contributed by atoms with Crippen LogP contribution in [-0.4, -0.2) is 14.0 Å².